The Kier molecular flexibility index (Phi) is 6.78. The topological polar surface area (TPSA) is 111 Å². The predicted molar refractivity (Wildman–Crippen MR) is 174 cm³/mol. The fourth-order valence-corrected chi connectivity index (χ4v) is 8.72. The number of rotatable bonds is 3. The van der Waals surface area contributed by atoms with Gasteiger partial charge in [0.05, 0.1) is 29.5 Å². The molecule has 1 saturated heterocycles. The molecule has 4 bridgehead atoms. The van der Waals surface area contributed by atoms with Gasteiger partial charge < -0.3 is 25.1 Å². The van der Waals surface area contributed by atoms with E-state index in [4.69, 9.17) is 15.7 Å². The van der Waals surface area contributed by atoms with Crippen molar-refractivity contribution in [2.75, 3.05) is 6.54 Å². The van der Waals surface area contributed by atoms with Gasteiger partial charge in [-0.3, -0.25) is 9.59 Å². The van der Waals surface area contributed by atoms with Crippen LogP contribution in [0.5, 0.6) is 0 Å². The lowest BCUT2D eigenvalue weighted by atomic mass is 9.94. The van der Waals surface area contributed by atoms with Crippen LogP contribution in [0.4, 0.5) is 13.2 Å². The molecular weight excluding hydrogens is 619 g/mol. The molecule has 9 nitrogen and oxygen atoms in total. The average molecular weight is 660 g/mol. The lowest BCUT2D eigenvalue weighted by Gasteiger charge is -2.37. The summed E-state index contributed by atoms with van der Waals surface area (Å²) in [6.07, 6.45) is 5.70. The molecule has 252 valence electrons. The minimum atomic E-state index is -3.05. The van der Waals surface area contributed by atoms with Crippen LogP contribution in [0, 0.1) is 23.6 Å². The molecule has 4 fully saturated rings. The van der Waals surface area contributed by atoms with Crippen LogP contribution in [0.1, 0.15) is 92.8 Å². The first-order valence-corrected chi connectivity index (χ1v) is 17.5. The van der Waals surface area contributed by atoms with Crippen molar-refractivity contribution in [2.45, 2.75) is 101 Å². The fourth-order valence-electron chi connectivity index (χ4n) is 8.72. The third-order valence-corrected chi connectivity index (χ3v) is 11.6. The number of piperidine rings is 1. The minimum absolute atomic E-state index is 0.0355. The number of halogens is 3. The van der Waals surface area contributed by atoms with Gasteiger partial charge in [0.1, 0.15) is 17.0 Å². The summed E-state index contributed by atoms with van der Waals surface area (Å²) in [6, 6.07) is 7.96. The highest BCUT2D eigenvalue weighted by molar-refractivity contribution is 5.98. The second-order valence-corrected chi connectivity index (χ2v) is 15.1. The van der Waals surface area contributed by atoms with E-state index in [1.54, 1.807) is 17.0 Å². The summed E-state index contributed by atoms with van der Waals surface area (Å²) in [6.45, 7) is 1.70. The second kappa shape index (κ2) is 10.8. The monoisotopic (exact) mass is 659 g/mol. The van der Waals surface area contributed by atoms with Crippen molar-refractivity contribution < 1.29 is 22.8 Å². The molecule has 3 aliphatic carbocycles. The highest BCUT2D eigenvalue weighted by Crippen LogP contribution is 2.46. The molecule has 4 aromatic rings. The maximum atomic E-state index is 16.2. The summed E-state index contributed by atoms with van der Waals surface area (Å²) in [5, 5.41) is 3.72. The minimum Gasteiger partial charge on any atom is -0.348 e. The summed E-state index contributed by atoms with van der Waals surface area (Å²) >= 11 is 0. The van der Waals surface area contributed by atoms with Gasteiger partial charge in [0.25, 0.3) is 11.8 Å². The van der Waals surface area contributed by atoms with Gasteiger partial charge in [-0.2, -0.15) is 0 Å². The molecule has 48 heavy (non-hydrogen) atoms. The van der Waals surface area contributed by atoms with Crippen molar-refractivity contribution in [2.24, 2.45) is 23.5 Å². The highest BCUT2D eigenvalue weighted by atomic mass is 19.3. The number of carbonyl (C=O) groups is 2. The van der Waals surface area contributed by atoms with Gasteiger partial charge in [0.2, 0.25) is 5.91 Å². The summed E-state index contributed by atoms with van der Waals surface area (Å²) in [7, 11) is 0. The smallest absolute Gasteiger partial charge is 0.265 e. The zero-order valence-corrected chi connectivity index (χ0v) is 27.0. The van der Waals surface area contributed by atoms with Gasteiger partial charge in [-0.05, 0) is 100 Å². The number of nitrogens with two attached hydrogens (primary N) is 1. The van der Waals surface area contributed by atoms with Gasteiger partial charge in [0.15, 0.2) is 5.82 Å². The average Bonchev–Trinajstić information content (AvgIpc) is 3.93. The normalized spacial score (nSPS) is 30.0. The summed E-state index contributed by atoms with van der Waals surface area (Å²) in [5.41, 5.74) is 8.57. The van der Waals surface area contributed by atoms with Gasteiger partial charge in [-0.15, -0.1) is 0 Å². The summed E-state index contributed by atoms with van der Waals surface area (Å²) < 4.78 is 51.2. The van der Waals surface area contributed by atoms with Gasteiger partial charge in [-0.25, -0.2) is 23.1 Å². The predicted octanol–water partition coefficient (Wildman–Crippen LogP) is 6.11. The van der Waals surface area contributed by atoms with Crippen molar-refractivity contribution in [3.63, 3.8) is 0 Å². The quantitative estimate of drug-likeness (QED) is 0.276. The van der Waals surface area contributed by atoms with Crippen LogP contribution in [0.25, 0.3) is 33.6 Å². The molecule has 9 rings (SSSR count). The Hall–Kier alpha value is -3.93. The molecule has 0 unspecified atom stereocenters. The number of imidazole rings is 1. The van der Waals surface area contributed by atoms with Crippen LogP contribution in [-0.4, -0.2) is 60.4 Å². The van der Waals surface area contributed by atoms with Crippen LogP contribution < -0.4 is 11.1 Å². The second-order valence-electron chi connectivity index (χ2n) is 15.1. The zero-order chi connectivity index (χ0) is 33.1. The number of carbonyl (C=O) groups excluding carboxylic acids is 2. The van der Waals surface area contributed by atoms with E-state index < -0.39 is 24.3 Å². The molecule has 1 aromatic carbocycles. The molecule has 3 N–H and O–H groups in total. The van der Waals surface area contributed by atoms with Gasteiger partial charge in [-0.1, -0.05) is 0 Å². The summed E-state index contributed by atoms with van der Waals surface area (Å²) in [4.78, 5) is 38.2. The first kappa shape index (κ1) is 30.2. The Bertz CT molecular complexity index is 1980. The number of alkyl halides is 2. The van der Waals surface area contributed by atoms with Crippen LogP contribution in [0.2, 0.25) is 0 Å². The largest absolute Gasteiger partial charge is 0.348 e. The Balaban J connectivity index is 1.16. The number of fused-ring (bicyclic) bond motifs is 5. The van der Waals surface area contributed by atoms with E-state index in [1.807, 2.05) is 23.6 Å². The number of benzene rings is 1. The molecule has 6 atom stereocenters. The standard InChI is InChI=1S/C36H40F3N7O2/c1-18-28-9-5-21-15-30(45(32(21)42-28)17-36(38,39)10-2-3-19-12-25(19)34(47)41-18)33-43-29-14-22(13-26(37)31(29)46(33)23-7-8-23)35(48)44-16-27(40)20-4-6-24(44)11-20/h5,9,13-15,18-20,23-25,27H,2-4,6-8,10-12,16-17,40H2,1H3,(H,41,47)/t18-,19-,20-,24+,25-,27+/m1/s1. The van der Waals surface area contributed by atoms with Crippen molar-refractivity contribution in [1.82, 2.24) is 29.3 Å². The van der Waals surface area contributed by atoms with E-state index in [0.29, 0.717) is 59.1 Å². The van der Waals surface area contributed by atoms with Gasteiger partial charge in [0, 0.05) is 48.0 Å². The number of hydrogen-bond acceptors (Lipinski definition) is 5. The lowest BCUT2D eigenvalue weighted by molar-refractivity contribution is -0.123. The number of hydrogen-bond donors (Lipinski definition) is 2. The van der Waals surface area contributed by atoms with Crippen molar-refractivity contribution in [3.8, 4) is 11.5 Å². The van der Waals surface area contributed by atoms with E-state index >= 15 is 13.2 Å². The molecular formula is C36H40F3N7O2. The van der Waals surface area contributed by atoms with E-state index in [9.17, 15) is 9.59 Å². The van der Waals surface area contributed by atoms with Crippen LogP contribution >= 0.6 is 0 Å². The Morgan fingerprint density at radius 1 is 1.02 bits per heavy atom. The van der Waals surface area contributed by atoms with Crippen LogP contribution in [0.15, 0.2) is 30.3 Å². The molecule has 5 heterocycles. The molecule has 3 saturated carbocycles. The fraction of sp³-hybridized carbons (Fsp3) is 0.556. The first-order valence-electron chi connectivity index (χ1n) is 17.5. The molecule has 12 heteroatoms. The number of nitrogens with zero attached hydrogens (tertiary/aromatic N) is 5. The maximum absolute atomic E-state index is 16.2. The van der Waals surface area contributed by atoms with Crippen LogP contribution in [0.3, 0.4) is 0 Å². The first-order chi connectivity index (χ1) is 23.0. The van der Waals surface area contributed by atoms with E-state index in [-0.39, 0.29) is 59.3 Å². The number of nitrogens with one attached hydrogen (secondary N) is 1. The third kappa shape index (κ3) is 5.01. The highest BCUT2D eigenvalue weighted by Gasteiger charge is 2.44. The molecule has 2 amide bonds. The Morgan fingerprint density at radius 2 is 1.83 bits per heavy atom. The number of likely N-dealkylation sites (tertiary alicyclic amines) is 1. The van der Waals surface area contributed by atoms with Crippen LogP contribution in [-0.2, 0) is 11.3 Å². The van der Waals surface area contributed by atoms with Gasteiger partial charge >= 0.3 is 0 Å². The molecule has 0 radical (unpaired) electrons. The molecule has 5 aliphatic rings. The van der Waals surface area contributed by atoms with E-state index in [0.717, 1.165) is 38.5 Å². The Labute approximate surface area is 276 Å². The molecule has 3 aromatic heterocycles. The SMILES string of the molecule is C[C@H]1NC(=O)[C@@H]2C[C@H]2CCCC(F)(F)Cn2c(-c3nc4cc(C(=O)N5C[C@H](N)[C@@H]6CC[C@H]5C6)cc(F)c4n3C3CC3)cc3ccc1nc32. The number of pyridine rings is 1. The molecule has 0 spiro atoms. The third-order valence-electron chi connectivity index (χ3n) is 11.6. The van der Waals surface area contributed by atoms with Crippen molar-refractivity contribution in [1.29, 1.82) is 0 Å². The Morgan fingerprint density at radius 3 is 2.65 bits per heavy atom. The zero-order valence-electron chi connectivity index (χ0n) is 27.0. The molecule has 2 aliphatic heterocycles. The van der Waals surface area contributed by atoms with Crippen molar-refractivity contribution >= 4 is 33.9 Å². The maximum Gasteiger partial charge on any atom is 0.265 e. The van der Waals surface area contributed by atoms with E-state index in [1.165, 1.54) is 10.6 Å². The number of aromatic nitrogens is 4. The summed E-state index contributed by atoms with van der Waals surface area (Å²) in [5.74, 6) is -3.09. The number of amides is 2. The van der Waals surface area contributed by atoms with E-state index in [2.05, 4.69) is 5.32 Å². The van der Waals surface area contributed by atoms with Crippen molar-refractivity contribution in [3.05, 3.63) is 47.4 Å². The lowest BCUT2D eigenvalue weighted by Crippen LogP contribution is -2.51.